The van der Waals surface area contributed by atoms with E-state index in [4.69, 9.17) is 11.5 Å². The van der Waals surface area contributed by atoms with Crippen molar-refractivity contribution < 1.29 is 0 Å². The minimum absolute atomic E-state index is 0.668. The second kappa shape index (κ2) is 14.6. The molecule has 6 heteroatoms. The molecule has 4 N–H and O–H groups in total. The van der Waals surface area contributed by atoms with Crippen molar-refractivity contribution in [3.05, 3.63) is 218 Å². The van der Waals surface area contributed by atoms with Gasteiger partial charge in [0, 0.05) is 56.3 Å². The Kier molecular flexibility index (Phi) is 8.69. The van der Waals surface area contributed by atoms with E-state index in [0.717, 1.165) is 78.7 Å². The molecule has 0 spiro atoms. The van der Waals surface area contributed by atoms with E-state index in [1.54, 1.807) is 0 Å². The van der Waals surface area contributed by atoms with Crippen molar-refractivity contribution in [2.45, 2.75) is 0 Å². The third-order valence-electron chi connectivity index (χ3n) is 10.8. The predicted molar refractivity (Wildman–Crippen MR) is 244 cm³/mol. The highest BCUT2D eigenvalue weighted by Crippen LogP contribution is 2.46. The van der Waals surface area contributed by atoms with Crippen molar-refractivity contribution in [1.29, 1.82) is 0 Å². The van der Waals surface area contributed by atoms with Gasteiger partial charge in [-0.25, -0.2) is 0 Å². The zero-order valence-electron chi connectivity index (χ0n) is 31.7. The van der Waals surface area contributed by atoms with Gasteiger partial charge in [-0.2, -0.15) is 0 Å². The summed E-state index contributed by atoms with van der Waals surface area (Å²) in [5, 5.41) is 1.93. The molecule has 278 valence electrons. The van der Waals surface area contributed by atoms with E-state index in [-0.39, 0.29) is 0 Å². The Morgan fingerprint density at radius 3 is 0.845 bits per heavy atom. The molecule has 6 nitrogen and oxygen atoms in total. The van der Waals surface area contributed by atoms with E-state index >= 15 is 0 Å². The molecule has 0 aliphatic heterocycles. The van der Waals surface area contributed by atoms with Crippen LogP contribution in [-0.2, 0) is 0 Å². The van der Waals surface area contributed by atoms with Gasteiger partial charge in [0.15, 0.2) is 0 Å². The number of nitrogens with zero attached hydrogens (tertiary/aromatic N) is 4. The van der Waals surface area contributed by atoms with Gasteiger partial charge in [0.05, 0.1) is 33.8 Å². The van der Waals surface area contributed by atoms with Gasteiger partial charge in [-0.1, -0.05) is 109 Å². The second-order valence-electron chi connectivity index (χ2n) is 14.3. The quantitative estimate of drug-likeness (QED) is 0.154. The molecule has 0 fully saturated rings. The Labute approximate surface area is 337 Å². The summed E-state index contributed by atoms with van der Waals surface area (Å²) >= 11 is 0. The lowest BCUT2D eigenvalue weighted by atomic mass is 10.1. The molecule has 0 bridgehead atoms. The lowest BCUT2D eigenvalue weighted by Crippen LogP contribution is -2.10. The van der Waals surface area contributed by atoms with Gasteiger partial charge in [0.1, 0.15) is 0 Å². The standard InChI is InChI=1S/C52H40N6/c53-49-45-25-13-15-27-47(45)57(43-33-29-41(30-34-43)55(37-17-5-1-6-18-37)38-19-7-2-8-20-38)51(49)52-50(54)46-26-14-16-28-48(46)58(52)44-35-31-42(32-36-44)56(39-21-9-3-10-22-39)40-23-11-4-12-24-40/h1-36H,53-54H2. The van der Waals surface area contributed by atoms with E-state index in [9.17, 15) is 0 Å². The maximum absolute atomic E-state index is 7.27. The summed E-state index contributed by atoms with van der Waals surface area (Å²) in [4.78, 5) is 4.53. The summed E-state index contributed by atoms with van der Waals surface area (Å²) in [6, 6.07) is 75.8. The minimum atomic E-state index is 0.668. The number of aromatic nitrogens is 2. The molecule has 0 aliphatic rings. The number of fused-ring (bicyclic) bond motifs is 2. The summed E-state index contributed by atoms with van der Waals surface area (Å²) in [7, 11) is 0. The van der Waals surface area contributed by atoms with Crippen LogP contribution in [0.3, 0.4) is 0 Å². The van der Waals surface area contributed by atoms with Crippen molar-refractivity contribution in [1.82, 2.24) is 9.13 Å². The van der Waals surface area contributed by atoms with E-state index in [1.165, 1.54) is 0 Å². The topological polar surface area (TPSA) is 68.4 Å². The van der Waals surface area contributed by atoms with Gasteiger partial charge in [-0.3, -0.25) is 0 Å². The van der Waals surface area contributed by atoms with Gasteiger partial charge in [0.25, 0.3) is 0 Å². The van der Waals surface area contributed by atoms with Gasteiger partial charge >= 0.3 is 0 Å². The highest BCUT2D eigenvalue weighted by atomic mass is 15.2. The van der Waals surface area contributed by atoms with E-state index in [2.05, 4.69) is 201 Å². The molecule has 10 rings (SSSR count). The lowest BCUT2D eigenvalue weighted by molar-refractivity contribution is 1.07. The molecule has 0 radical (unpaired) electrons. The number of hydrogen-bond acceptors (Lipinski definition) is 4. The van der Waals surface area contributed by atoms with Crippen LogP contribution in [0.1, 0.15) is 0 Å². The summed E-state index contributed by atoms with van der Waals surface area (Å²) in [5.74, 6) is 0. The van der Waals surface area contributed by atoms with Crippen LogP contribution in [0.25, 0.3) is 44.6 Å². The lowest BCUT2D eigenvalue weighted by Gasteiger charge is -2.26. The van der Waals surface area contributed by atoms with Crippen molar-refractivity contribution in [2.24, 2.45) is 0 Å². The zero-order chi connectivity index (χ0) is 39.0. The van der Waals surface area contributed by atoms with Gasteiger partial charge in [-0.05, 0) is 109 Å². The number of para-hydroxylation sites is 6. The largest absolute Gasteiger partial charge is 0.396 e. The Bertz CT molecular complexity index is 2700. The number of nitrogens with two attached hydrogens (primary N) is 2. The average Bonchev–Trinajstić information content (AvgIpc) is 3.75. The van der Waals surface area contributed by atoms with Crippen molar-refractivity contribution in [3.63, 3.8) is 0 Å². The smallest absolute Gasteiger partial charge is 0.0964 e. The highest BCUT2D eigenvalue weighted by molar-refractivity contribution is 6.09. The molecule has 10 aromatic rings. The van der Waals surface area contributed by atoms with Crippen molar-refractivity contribution in [3.8, 4) is 22.8 Å². The first-order chi connectivity index (χ1) is 28.7. The molecular formula is C52H40N6. The third-order valence-corrected chi connectivity index (χ3v) is 10.8. The molecule has 0 saturated heterocycles. The summed E-state index contributed by atoms with van der Waals surface area (Å²) in [5.41, 5.74) is 27.9. The summed E-state index contributed by atoms with van der Waals surface area (Å²) in [6.45, 7) is 0. The Morgan fingerprint density at radius 2 is 0.534 bits per heavy atom. The number of rotatable bonds is 9. The molecule has 0 aliphatic carbocycles. The van der Waals surface area contributed by atoms with Gasteiger partial charge < -0.3 is 30.4 Å². The van der Waals surface area contributed by atoms with Crippen LogP contribution in [0.15, 0.2) is 218 Å². The fourth-order valence-electron chi connectivity index (χ4n) is 8.24. The van der Waals surface area contributed by atoms with E-state index in [0.29, 0.717) is 11.4 Å². The van der Waals surface area contributed by atoms with Crippen molar-refractivity contribution in [2.75, 3.05) is 21.3 Å². The van der Waals surface area contributed by atoms with Crippen LogP contribution < -0.4 is 21.3 Å². The van der Waals surface area contributed by atoms with Crippen LogP contribution in [0.2, 0.25) is 0 Å². The van der Waals surface area contributed by atoms with E-state index in [1.807, 2.05) is 36.4 Å². The third kappa shape index (κ3) is 5.92. The summed E-state index contributed by atoms with van der Waals surface area (Å²) < 4.78 is 4.51. The fourth-order valence-corrected chi connectivity index (χ4v) is 8.24. The Balaban J connectivity index is 1.14. The van der Waals surface area contributed by atoms with Crippen molar-refractivity contribution >= 4 is 67.3 Å². The molecule has 8 aromatic carbocycles. The molecule has 0 unspecified atom stereocenters. The van der Waals surface area contributed by atoms with Crippen LogP contribution in [0.4, 0.5) is 45.5 Å². The highest BCUT2D eigenvalue weighted by Gasteiger charge is 2.26. The second-order valence-corrected chi connectivity index (χ2v) is 14.3. The predicted octanol–water partition coefficient (Wildman–Crippen LogP) is 13.3. The first kappa shape index (κ1) is 34.5. The first-order valence-electron chi connectivity index (χ1n) is 19.5. The number of benzene rings is 8. The zero-order valence-corrected chi connectivity index (χ0v) is 31.7. The van der Waals surface area contributed by atoms with E-state index < -0.39 is 0 Å². The monoisotopic (exact) mass is 748 g/mol. The van der Waals surface area contributed by atoms with Crippen LogP contribution >= 0.6 is 0 Å². The van der Waals surface area contributed by atoms with Crippen LogP contribution in [0, 0.1) is 0 Å². The minimum Gasteiger partial charge on any atom is -0.396 e. The van der Waals surface area contributed by atoms with Crippen LogP contribution in [-0.4, -0.2) is 9.13 Å². The molecule has 0 atom stereocenters. The first-order valence-corrected chi connectivity index (χ1v) is 19.5. The number of anilines is 8. The molecular weight excluding hydrogens is 709 g/mol. The molecule has 0 saturated carbocycles. The number of hydrogen-bond donors (Lipinski definition) is 2. The maximum atomic E-state index is 7.27. The average molecular weight is 749 g/mol. The fraction of sp³-hybridized carbons (Fsp3) is 0. The Morgan fingerprint density at radius 1 is 0.276 bits per heavy atom. The SMILES string of the molecule is Nc1c(-c2c(N)c3ccccc3n2-c2ccc(N(c3ccccc3)c3ccccc3)cc2)n(-c2ccc(N(c3ccccc3)c3ccccc3)cc2)c2ccccc12. The van der Waals surface area contributed by atoms with Gasteiger partial charge in [0.2, 0.25) is 0 Å². The molecule has 2 aromatic heterocycles. The Hall–Kier alpha value is -7.96. The summed E-state index contributed by atoms with van der Waals surface area (Å²) in [6.07, 6.45) is 0. The molecule has 0 amide bonds. The molecule has 2 heterocycles. The normalized spacial score (nSPS) is 11.2. The molecule has 58 heavy (non-hydrogen) atoms. The number of nitrogen functional groups attached to an aromatic ring is 2. The maximum Gasteiger partial charge on any atom is 0.0964 e. The van der Waals surface area contributed by atoms with Crippen LogP contribution in [0.5, 0.6) is 0 Å². The van der Waals surface area contributed by atoms with Gasteiger partial charge in [-0.15, -0.1) is 0 Å².